The fraction of sp³-hybridized carbons (Fsp3) is 0.0769. The Morgan fingerprint density at radius 1 is 1.20 bits per heavy atom. The van der Waals surface area contributed by atoms with E-state index in [0.29, 0.717) is 11.3 Å². The lowest BCUT2D eigenvalue weighted by Crippen LogP contribution is -2.23. The topological polar surface area (TPSA) is 72.2 Å². The van der Waals surface area contributed by atoms with E-state index in [2.05, 4.69) is 4.72 Å². The minimum absolute atomic E-state index is 0.0705. The molecule has 0 radical (unpaired) electrons. The van der Waals surface area contributed by atoms with Crippen LogP contribution in [0.1, 0.15) is 5.56 Å². The first-order chi connectivity index (χ1) is 9.38. The first-order valence-electron chi connectivity index (χ1n) is 5.67. The molecular formula is C13H12ClFN2O2S. The number of hydrogen-bond donors (Lipinski definition) is 2. The molecule has 2 aromatic rings. The van der Waals surface area contributed by atoms with Crippen molar-refractivity contribution in [3.8, 4) is 0 Å². The number of rotatable bonds is 4. The van der Waals surface area contributed by atoms with Gasteiger partial charge in [0, 0.05) is 12.2 Å². The standard InChI is InChI=1S/C13H12ClFN2O2S/c14-12-7-10(15)4-5-13(12)20(18,19)17-8-9-2-1-3-11(16)6-9/h1-7,17H,8,16H2. The molecule has 0 unspecified atom stereocenters. The molecule has 0 aromatic heterocycles. The summed E-state index contributed by atoms with van der Waals surface area (Å²) in [6, 6.07) is 9.95. The monoisotopic (exact) mass is 314 g/mol. The minimum atomic E-state index is -3.81. The van der Waals surface area contributed by atoms with Crippen LogP contribution in [0.25, 0.3) is 0 Å². The molecule has 20 heavy (non-hydrogen) atoms. The maximum atomic E-state index is 12.9. The predicted molar refractivity (Wildman–Crippen MR) is 76.3 cm³/mol. The Morgan fingerprint density at radius 2 is 1.95 bits per heavy atom. The Morgan fingerprint density at radius 3 is 2.60 bits per heavy atom. The van der Waals surface area contributed by atoms with Crippen molar-refractivity contribution in [3.05, 3.63) is 58.9 Å². The molecule has 0 spiro atoms. The van der Waals surface area contributed by atoms with Gasteiger partial charge in [0.15, 0.2) is 0 Å². The van der Waals surface area contributed by atoms with Gasteiger partial charge < -0.3 is 5.73 Å². The highest BCUT2D eigenvalue weighted by atomic mass is 35.5. The van der Waals surface area contributed by atoms with E-state index in [1.54, 1.807) is 24.3 Å². The van der Waals surface area contributed by atoms with Crippen molar-refractivity contribution in [1.29, 1.82) is 0 Å². The van der Waals surface area contributed by atoms with Crippen LogP contribution < -0.4 is 10.5 Å². The van der Waals surface area contributed by atoms with Gasteiger partial charge in [-0.1, -0.05) is 23.7 Å². The normalized spacial score (nSPS) is 11.5. The Kier molecular flexibility index (Phi) is 4.27. The average molecular weight is 315 g/mol. The highest BCUT2D eigenvalue weighted by Crippen LogP contribution is 2.22. The summed E-state index contributed by atoms with van der Waals surface area (Å²) in [5.74, 6) is -0.593. The molecule has 0 aliphatic rings. The van der Waals surface area contributed by atoms with Gasteiger partial charge in [0.25, 0.3) is 0 Å². The maximum Gasteiger partial charge on any atom is 0.242 e. The predicted octanol–water partition coefficient (Wildman–Crippen LogP) is 2.54. The van der Waals surface area contributed by atoms with Gasteiger partial charge in [0.05, 0.1) is 5.02 Å². The summed E-state index contributed by atoms with van der Waals surface area (Å²) in [7, 11) is -3.81. The van der Waals surface area contributed by atoms with Crippen molar-refractivity contribution < 1.29 is 12.8 Å². The third-order valence-electron chi connectivity index (χ3n) is 2.60. The van der Waals surface area contributed by atoms with E-state index in [0.717, 1.165) is 18.2 Å². The van der Waals surface area contributed by atoms with Crippen molar-refractivity contribution in [2.24, 2.45) is 0 Å². The fourth-order valence-electron chi connectivity index (χ4n) is 1.65. The average Bonchev–Trinajstić information content (AvgIpc) is 2.36. The Bertz CT molecular complexity index is 735. The number of hydrogen-bond acceptors (Lipinski definition) is 3. The highest BCUT2D eigenvalue weighted by molar-refractivity contribution is 7.89. The first kappa shape index (κ1) is 14.8. The zero-order valence-electron chi connectivity index (χ0n) is 10.3. The molecule has 2 rings (SSSR count). The summed E-state index contributed by atoms with van der Waals surface area (Å²) in [6.45, 7) is 0.0705. The molecule has 0 saturated heterocycles. The molecule has 0 amide bonds. The molecule has 0 bridgehead atoms. The van der Waals surface area contributed by atoms with Gasteiger partial charge in [-0.3, -0.25) is 0 Å². The van der Waals surface area contributed by atoms with Crippen LogP contribution in [-0.2, 0) is 16.6 Å². The lowest BCUT2D eigenvalue weighted by atomic mass is 10.2. The van der Waals surface area contributed by atoms with Crippen molar-refractivity contribution in [1.82, 2.24) is 4.72 Å². The van der Waals surface area contributed by atoms with Gasteiger partial charge >= 0.3 is 0 Å². The summed E-state index contributed by atoms with van der Waals surface area (Å²) in [5.41, 5.74) is 6.87. The molecule has 3 N–H and O–H groups in total. The lowest BCUT2D eigenvalue weighted by Gasteiger charge is -2.09. The number of anilines is 1. The lowest BCUT2D eigenvalue weighted by molar-refractivity contribution is 0.580. The van der Waals surface area contributed by atoms with Crippen molar-refractivity contribution >= 4 is 27.3 Å². The number of nitrogens with one attached hydrogen (secondary N) is 1. The molecule has 0 atom stereocenters. The molecule has 0 fully saturated rings. The molecule has 106 valence electrons. The summed E-state index contributed by atoms with van der Waals surface area (Å²) >= 11 is 5.74. The number of halogens is 2. The number of benzene rings is 2. The van der Waals surface area contributed by atoms with Crippen LogP contribution >= 0.6 is 11.6 Å². The zero-order valence-corrected chi connectivity index (χ0v) is 11.9. The van der Waals surface area contributed by atoms with Crippen LogP contribution in [0.5, 0.6) is 0 Å². The second kappa shape index (κ2) is 5.78. The highest BCUT2D eigenvalue weighted by Gasteiger charge is 2.17. The van der Waals surface area contributed by atoms with Crippen molar-refractivity contribution in [2.75, 3.05) is 5.73 Å². The Labute approximate surface area is 121 Å². The van der Waals surface area contributed by atoms with Crippen molar-refractivity contribution in [2.45, 2.75) is 11.4 Å². The van der Waals surface area contributed by atoms with Gasteiger partial charge in [0.1, 0.15) is 10.7 Å². The molecule has 0 saturated carbocycles. The van der Waals surface area contributed by atoms with E-state index < -0.39 is 15.8 Å². The van der Waals surface area contributed by atoms with Gasteiger partial charge in [-0.15, -0.1) is 0 Å². The molecule has 7 heteroatoms. The molecule has 0 aliphatic heterocycles. The van der Waals surface area contributed by atoms with Gasteiger partial charge in [-0.05, 0) is 35.9 Å². The van der Waals surface area contributed by atoms with Crippen LogP contribution in [0.4, 0.5) is 10.1 Å². The SMILES string of the molecule is Nc1cccc(CNS(=O)(=O)c2ccc(F)cc2Cl)c1. The molecule has 2 aromatic carbocycles. The largest absolute Gasteiger partial charge is 0.399 e. The van der Waals surface area contributed by atoms with Gasteiger partial charge in [0.2, 0.25) is 10.0 Å². The summed E-state index contributed by atoms with van der Waals surface area (Å²) in [4.78, 5) is -0.163. The fourth-order valence-corrected chi connectivity index (χ4v) is 3.20. The van der Waals surface area contributed by atoms with Gasteiger partial charge in [-0.25, -0.2) is 17.5 Å². The summed E-state index contributed by atoms with van der Waals surface area (Å²) < 4.78 is 39.5. The number of nitrogen functional groups attached to an aromatic ring is 1. The van der Waals surface area contributed by atoms with Crippen molar-refractivity contribution in [3.63, 3.8) is 0 Å². The minimum Gasteiger partial charge on any atom is -0.399 e. The van der Waals surface area contributed by atoms with Crippen LogP contribution in [0.2, 0.25) is 5.02 Å². The van der Waals surface area contributed by atoms with Crippen LogP contribution in [0.15, 0.2) is 47.4 Å². The third-order valence-corrected chi connectivity index (χ3v) is 4.48. The van der Waals surface area contributed by atoms with Gasteiger partial charge in [-0.2, -0.15) is 0 Å². The maximum absolute atomic E-state index is 12.9. The molecule has 0 heterocycles. The third kappa shape index (κ3) is 3.47. The number of sulfonamides is 1. The number of nitrogens with two attached hydrogens (primary N) is 1. The summed E-state index contributed by atoms with van der Waals surface area (Å²) in [6.07, 6.45) is 0. The van der Waals surface area contributed by atoms with Crippen LogP contribution in [-0.4, -0.2) is 8.42 Å². The van der Waals surface area contributed by atoms with E-state index in [4.69, 9.17) is 17.3 Å². The Balaban J connectivity index is 2.19. The van der Waals surface area contributed by atoms with E-state index in [9.17, 15) is 12.8 Å². The summed E-state index contributed by atoms with van der Waals surface area (Å²) in [5, 5.41) is -0.162. The quantitative estimate of drug-likeness (QED) is 0.852. The first-order valence-corrected chi connectivity index (χ1v) is 7.54. The second-order valence-corrected chi connectivity index (χ2v) is 6.29. The van der Waals surface area contributed by atoms with E-state index in [1.165, 1.54) is 0 Å². The Hall–Kier alpha value is -1.63. The molecule has 0 aliphatic carbocycles. The smallest absolute Gasteiger partial charge is 0.242 e. The van der Waals surface area contributed by atoms with Crippen LogP contribution in [0, 0.1) is 5.82 Å². The van der Waals surface area contributed by atoms with E-state index >= 15 is 0 Å². The molecular weight excluding hydrogens is 303 g/mol. The van der Waals surface area contributed by atoms with Crippen LogP contribution in [0.3, 0.4) is 0 Å². The van der Waals surface area contributed by atoms with E-state index in [-0.39, 0.29) is 16.5 Å². The molecule has 4 nitrogen and oxygen atoms in total. The second-order valence-electron chi connectivity index (χ2n) is 4.14. The van der Waals surface area contributed by atoms with E-state index in [1.807, 2.05) is 0 Å². The zero-order chi connectivity index (χ0) is 14.8.